The molecule has 1 aromatic carbocycles. The number of amides is 1. The van der Waals surface area contributed by atoms with Crippen molar-refractivity contribution in [2.45, 2.75) is 26.3 Å². The fourth-order valence-corrected chi connectivity index (χ4v) is 2.22. The van der Waals surface area contributed by atoms with Crippen molar-refractivity contribution in [3.63, 3.8) is 0 Å². The lowest BCUT2D eigenvalue weighted by atomic mass is 10.0. The molecule has 5 nitrogen and oxygen atoms in total. The number of hydrogen-bond acceptors (Lipinski definition) is 3. The summed E-state index contributed by atoms with van der Waals surface area (Å²) in [5.41, 5.74) is 1.52. The summed E-state index contributed by atoms with van der Waals surface area (Å²) in [4.78, 5) is 26.6. The molecule has 1 aromatic rings. The molecule has 0 saturated carbocycles. The van der Waals surface area contributed by atoms with Gasteiger partial charge in [0.05, 0.1) is 23.5 Å². The van der Waals surface area contributed by atoms with Crippen molar-refractivity contribution in [1.82, 2.24) is 0 Å². The van der Waals surface area contributed by atoms with E-state index in [-0.39, 0.29) is 23.6 Å². The van der Waals surface area contributed by atoms with Gasteiger partial charge >= 0.3 is 5.97 Å². The first-order chi connectivity index (χ1) is 8.71. The molecule has 0 spiro atoms. The number of carboxylic acids is 1. The summed E-state index contributed by atoms with van der Waals surface area (Å²) in [6.45, 7) is 6.27. The van der Waals surface area contributed by atoms with Crippen molar-refractivity contribution in [3.8, 4) is 0 Å². The first-order valence-corrected chi connectivity index (χ1v) is 6.13. The van der Waals surface area contributed by atoms with Crippen molar-refractivity contribution in [1.29, 1.82) is 0 Å². The summed E-state index contributed by atoms with van der Waals surface area (Å²) in [6, 6.07) is 4.84. The van der Waals surface area contributed by atoms with E-state index in [1.807, 2.05) is 25.7 Å². The lowest BCUT2D eigenvalue weighted by Gasteiger charge is -2.43. The van der Waals surface area contributed by atoms with Gasteiger partial charge in [-0.25, -0.2) is 4.79 Å². The van der Waals surface area contributed by atoms with Crippen molar-refractivity contribution in [2.75, 3.05) is 23.4 Å². The van der Waals surface area contributed by atoms with Gasteiger partial charge in [0.1, 0.15) is 0 Å². The van der Waals surface area contributed by atoms with E-state index in [4.69, 9.17) is 5.11 Å². The molecule has 0 unspecified atom stereocenters. The molecule has 0 radical (unpaired) electrons. The molecule has 0 bridgehead atoms. The fraction of sp³-hybridized carbons (Fsp3) is 0.429. The molecule has 0 saturated heterocycles. The monoisotopic (exact) mass is 262 g/mol. The van der Waals surface area contributed by atoms with Crippen molar-refractivity contribution < 1.29 is 14.7 Å². The van der Waals surface area contributed by atoms with Crippen LogP contribution in [0.3, 0.4) is 0 Å². The third-order valence-corrected chi connectivity index (χ3v) is 3.35. The number of anilines is 2. The molecule has 1 amide bonds. The smallest absolute Gasteiger partial charge is 0.335 e. The van der Waals surface area contributed by atoms with E-state index >= 15 is 0 Å². The number of benzene rings is 1. The van der Waals surface area contributed by atoms with Gasteiger partial charge in [-0.15, -0.1) is 0 Å². The Balaban J connectivity index is 2.61. The van der Waals surface area contributed by atoms with E-state index in [1.54, 1.807) is 24.1 Å². The molecule has 1 N–H and O–H groups in total. The number of fused-ring (bicyclic) bond motifs is 1. The van der Waals surface area contributed by atoms with Crippen LogP contribution in [0.15, 0.2) is 18.2 Å². The van der Waals surface area contributed by atoms with Crippen LogP contribution < -0.4 is 9.80 Å². The van der Waals surface area contributed by atoms with Crippen LogP contribution in [0.1, 0.15) is 31.1 Å². The first kappa shape index (κ1) is 13.4. The Kier molecular flexibility index (Phi) is 3.00. The Morgan fingerprint density at radius 2 is 1.89 bits per heavy atom. The Hall–Kier alpha value is -2.04. The molecule has 2 rings (SSSR count). The zero-order valence-electron chi connectivity index (χ0n) is 11.6. The number of carboxylic acid groups (broad SMARTS) is 1. The maximum atomic E-state index is 12.0. The van der Waals surface area contributed by atoms with Gasteiger partial charge in [-0.1, -0.05) is 0 Å². The quantitative estimate of drug-likeness (QED) is 0.840. The molecule has 0 aliphatic carbocycles. The molecule has 102 valence electrons. The number of hydrogen-bond donors (Lipinski definition) is 1. The van der Waals surface area contributed by atoms with Crippen LogP contribution in [-0.2, 0) is 4.79 Å². The van der Waals surface area contributed by atoms with Crippen LogP contribution in [-0.4, -0.2) is 36.1 Å². The highest BCUT2D eigenvalue weighted by Crippen LogP contribution is 2.37. The van der Waals surface area contributed by atoms with Gasteiger partial charge in [0, 0.05) is 12.6 Å². The Morgan fingerprint density at radius 3 is 2.42 bits per heavy atom. The summed E-state index contributed by atoms with van der Waals surface area (Å²) >= 11 is 0. The number of aromatic carboxylic acids is 1. The van der Waals surface area contributed by atoms with E-state index in [2.05, 4.69) is 0 Å². The van der Waals surface area contributed by atoms with Crippen LogP contribution >= 0.6 is 0 Å². The summed E-state index contributed by atoms with van der Waals surface area (Å²) in [5, 5.41) is 9.09. The highest BCUT2D eigenvalue weighted by molar-refractivity contribution is 6.04. The van der Waals surface area contributed by atoms with Crippen molar-refractivity contribution >= 4 is 23.3 Å². The summed E-state index contributed by atoms with van der Waals surface area (Å²) < 4.78 is 0. The van der Waals surface area contributed by atoms with E-state index < -0.39 is 5.97 Å². The molecular formula is C14H18N2O3. The van der Waals surface area contributed by atoms with Crippen LogP contribution in [0.2, 0.25) is 0 Å². The molecule has 5 heteroatoms. The molecule has 1 aliphatic heterocycles. The Morgan fingerprint density at radius 1 is 1.26 bits per heavy atom. The SMILES string of the molecule is CN1C(=O)CN(C(C)(C)C)c2cc(C(=O)O)ccc21. The number of rotatable bonds is 1. The number of likely N-dealkylation sites (N-methyl/N-ethyl adjacent to an activating group) is 1. The molecule has 19 heavy (non-hydrogen) atoms. The average Bonchev–Trinajstić information content (AvgIpc) is 2.31. The van der Waals surface area contributed by atoms with Gasteiger partial charge in [-0.05, 0) is 39.0 Å². The van der Waals surface area contributed by atoms with E-state index in [0.29, 0.717) is 0 Å². The minimum absolute atomic E-state index is 0.00509. The zero-order valence-corrected chi connectivity index (χ0v) is 11.6. The standard InChI is InChI=1S/C14H18N2O3/c1-14(2,3)16-8-12(17)15(4)10-6-5-9(13(18)19)7-11(10)16/h5-7H,8H2,1-4H3,(H,18,19). The Labute approximate surface area is 112 Å². The molecular weight excluding hydrogens is 244 g/mol. The van der Waals surface area contributed by atoms with Gasteiger partial charge < -0.3 is 14.9 Å². The van der Waals surface area contributed by atoms with E-state index in [0.717, 1.165) is 11.4 Å². The number of carbonyl (C=O) groups excluding carboxylic acids is 1. The molecule has 0 atom stereocenters. The summed E-state index contributed by atoms with van der Waals surface area (Å²) in [6.07, 6.45) is 0. The molecule has 0 aromatic heterocycles. The van der Waals surface area contributed by atoms with Crippen molar-refractivity contribution in [3.05, 3.63) is 23.8 Å². The third-order valence-electron chi connectivity index (χ3n) is 3.35. The van der Waals surface area contributed by atoms with Gasteiger partial charge in [-0.3, -0.25) is 4.79 Å². The molecule has 1 aliphatic rings. The number of carbonyl (C=O) groups is 2. The molecule has 0 fully saturated rings. The van der Waals surface area contributed by atoms with Gasteiger partial charge in [-0.2, -0.15) is 0 Å². The zero-order chi connectivity index (χ0) is 14.4. The van der Waals surface area contributed by atoms with Crippen LogP contribution in [0, 0.1) is 0 Å². The van der Waals surface area contributed by atoms with Gasteiger partial charge in [0.25, 0.3) is 0 Å². The second-order valence-electron chi connectivity index (χ2n) is 5.72. The largest absolute Gasteiger partial charge is 0.478 e. The van der Waals surface area contributed by atoms with E-state index in [1.165, 1.54) is 6.07 Å². The minimum atomic E-state index is -0.962. The van der Waals surface area contributed by atoms with E-state index in [9.17, 15) is 9.59 Å². The number of nitrogens with zero attached hydrogens (tertiary/aromatic N) is 2. The summed E-state index contributed by atoms with van der Waals surface area (Å²) in [7, 11) is 1.71. The normalized spacial score (nSPS) is 15.5. The predicted molar refractivity (Wildman–Crippen MR) is 73.9 cm³/mol. The lowest BCUT2D eigenvalue weighted by Crippen LogP contribution is -2.51. The maximum Gasteiger partial charge on any atom is 0.335 e. The first-order valence-electron chi connectivity index (χ1n) is 6.13. The van der Waals surface area contributed by atoms with Crippen molar-refractivity contribution in [2.24, 2.45) is 0 Å². The second-order valence-corrected chi connectivity index (χ2v) is 5.72. The third kappa shape index (κ3) is 2.28. The average molecular weight is 262 g/mol. The van der Waals surface area contributed by atoms with Gasteiger partial charge in [0.15, 0.2) is 0 Å². The topological polar surface area (TPSA) is 60.9 Å². The highest BCUT2D eigenvalue weighted by atomic mass is 16.4. The minimum Gasteiger partial charge on any atom is -0.478 e. The van der Waals surface area contributed by atoms with Gasteiger partial charge in [0.2, 0.25) is 5.91 Å². The Bertz CT molecular complexity index is 546. The maximum absolute atomic E-state index is 12.0. The molecule has 1 heterocycles. The predicted octanol–water partition coefficient (Wildman–Crippen LogP) is 1.97. The van der Waals surface area contributed by atoms with Crippen LogP contribution in [0.5, 0.6) is 0 Å². The lowest BCUT2D eigenvalue weighted by molar-refractivity contribution is -0.117. The van der Waals surface area contributed by atoms with Crippen LogP contribution in [0.4, 0.5) is 11.4 Å². The fourth-order valence-electron chi connectivity index (χ4n) is 2.22. The van der Waals surface area contributed by atoms with Crippen LogP contribution in [0.25, 0.3) is 0 Å². The second kappa shape index (κ2) is 4.26. The highest BCUT2D eigenvalue weighted by Gasteiger charge is 2.33. The summed E-state index contributed by atoms with van der Waals surface area (Å²) in [5.74, 6) is -0.957.